The van der Waals surface area contributed by atoms with Crippen LogP contribution in [0.3, 0.4) is 0 Å². The predicted octanol–water partition coefficient (Wildman–Crippen LogP) is 4.55. The summed E-state index contributed by atoms with van der Waals surface area (Å²) in [5.41, 5.74) is 6.46. The third-order valence-corrected chi connectivity index (χ3v) is 4.17. The fourth-order valence-electron chi connectivity index (χ4n) is 2.93. The average molecular weight is 299 g/mol. The first-order valence-corrected chi connectivity index (χ1v) is 8.18. The number of fused-ring (bicyclic) bond motifs is 1. The van der Waals surface area contributed by atoms with Gasteiger partial charge in [0.25, 0.3) is 5.91 Å². The second kappa shape index (κ2) is 7.83. The maximum absolute atomic E-state index is 11.5. The van der Waals surface area contributed by atoms with E-state index < -0.39 is 5.91 Å². The number of nitrogens with two attached hydrogens (primary N) is 1. The first-order valence-electron chi connectivity index (χ1n) is 8.18. The highest BCUT2D eigenvalue weighted by atomic mass is 16.3. The highest BCUT2D eigenvalue weighted by molar-refractivity contribution is 6.02. The van der Waals surface area contributed by atoms with Gasteiger partial charge in [-0.05, 0) is 29.7 Å². The number of phenols is 1. The van der Waals surface area contributed by atoms with Crippen molar-refractivity contribution in [1.82, 2.24) is 0 Å². The van der Waals surface area contributed by atoms with E-state index in [2.05, 4.69) is 6.92 Å². The number of unbranched alkanes of at least 4 members (excludes halogenated alkanes) is 5. The molecule has 0 unspecified atom stereocenters. The largest absolute Gasteiger partial charge is 0.507 e. The summed E-state index contributed by atoms with van der Waals surface area (Å²) in [5.74, 6) is -0.521. The van der Waals surface area contributed by atoms with Gasteiger partial charge in [0.05, 0.1) is 5.56 Å². The SMILES string of the molecule is CCCCCCCCc1c(O)c(C(N)=O)cc2ccccc12. The summed E-state index contributed by atoms with van der Waals surface area (Å²) >= 11 is 0. The van der Waals surface area contributed by atoms with E-state index in [0.29, 0.717) is 0 Å². The van der Waals surface area contributed by atoms with Gasteiger partial charge in [0.15, 0.2) is 0 Å². The summed E-state index contributed by atoms with van der Waals surface area (Å²) < 4.78 is 0. The van der Waals surface area contributed by atoms with E-state index in [9.17, 15) is 9.90 Å². The number of aryl methyl sites for hydroxylation is 1. The number of carbonyl (C=O) groups excluding carboxylic acids is 1. The number of primary amides is 1. The molecule has 2 aromatic rings. The summed E-state index contributed by atoms with van der Waals surface area (Å²) in [5, 5.41) is 12.4. The molecule has 1 amide bonds. The van der Waals surface area contributed by atoms with Crippen molar-refractivity contribution >= 4 is 16.7 Å². The van der Waals surface area contributed by atoms with E-state index in [1.165, 1.54) is 25.7 Å². The zero-order chi connectivity index (χ0) is 15.9. The molecule has 0 aliphatic rings. The molecule has 118 valence electrons. The summed E-state index contributed by atoms with van der Waals surface area (Å²) in [6.45, 7) is 2.21. The van der Waals surface area contributed by atoms with Crippen LogP contribution in [0.4, 0.5) is 0 Å². The van der Waals surface area contributed by atoms with E-state index in [0.717, 1.165) is 35.6 Å². The molecule has 0 aliphatic heterocycles. The Kier molecular flexibility index (Phi) is 5.82. The van der Waals surface area contributed by atoms with E-state index in [1.807, 2.05) is 24.3 Å². The van der Waals surface area contributed by atoms with Crippen LogP contribution in [0.1, 0.15) is 61.4 Å². The standard InChI is InChI=1S/C19H25NO2/c1-2-3-4-5-6-7-12-16-15-11-9-8-10-14(15)13-17(18(16)21)19(20)22/h8-11,13,21H,2-7,12H2,1H3,(H2,20,22). The molecule has 0 radical (unpaired) electrons. The Morgan fingerprint density at radius 1 is 1.09 bits per heavy atom. The van der Waals surface area contributed by atoms with Gasteiger partial charge in [-0.25, -0.2) is 0 Å². The molecule has 0 aromatic heterocycles. The van der Waals surface area contributed by atoms with Gasteiger partial charge in [-0.15, -0.1) is 0 Å². The molecule has 3 nitrogen and oxygen atoms in total. The summed E-state index contributed by atoms with van der Waals surface area (Å²) in [4.78, 5) is 11.5. The average Bonchev–Trinajstić information content (AvgIpc) is 2.51. The lowest BCUT2D eigenvalue weighted by Crippen LogP contribution is -2.12. The van der Waals surface area contributed by atoms with Crippen LogP contribution in [0, 0.1) is 0 Å². The summed E-state index contributed by atoms with van der Waals surface area (Å²) in [6.07, 6.45) is 7.96. The van der Waals surface area contributed by atoms with Gasteiger partial charge in [-0.2, -0.15) is 0 Å². The van der Waals surface area contributed by atoms with Crippen molar-refractivity contribution in [3.8, 4) is 5.75 Å². The van der Waals surface area contributed by atoms with Crippen molar-refractivity contribution in [1.29, 1.82) is 0 Å². The van der Waals surface area contributed by atoms with Crippen LogP contribution in [0.5, 0.6) is 5.75 Å². The van der Waals surface area contributed by atoms with E-state index >= 15 is 0 Å². The van der Waals surface area contributed by atoms with Crippen molar-refractivity contribution in [3.63, 3.8) is 0 Å². The molecule has 3 heteroatoms. The molecule has 0 spiro atoms. The van der Waals surface area contributed by atoms with Gasteiger partial charge in [0, 0.05) is 5.56 Å². The maximum atomic E-state index is 11.5. The van der Waals surface area contributed by atoms with E-state index in [-0.39, 0.29) is 11.3 Å². The smallest absolute Gasteiger partial charge is 0.252 e. The Hall–Kier alpha value is -2.03. The molecule has 3 N–H and O–H groups in total. The minimum atomic E-state index is -0.576. The Morgan fingerprint density at radius 2 is 1.77 bits per heavy atom. The van der Waals surface area contributed by atoms with Crippen LogP contribution in [-0.2, 0) is 6.42 Å². The highest BCUT2D eigenvalue weighted by Crippen LogP contribution is 2.32. The lowest BCUT2D eigenvalue weighted by atomic mass is 9.95. The van der Waals surface area contributed by atoms with Crippen LogP contribution < -0.4 is 5.73 Å². The molecule has 0 saturated heterocycles. The number of aromatic hydroxyl groups is 1. The molecule has 0 atom stereocenters. The molecule has 0 heterocycles. The third-order valence-electron chi connectivity index (χ3n) is 4.17. The Balaban J connectivity index is 2.19. The number of hydrogen-bond acceptors (Lipinski definition) is 2. The van der Waals surface area contributed by atoms with E-state index in [1.54, 1.807) is 6.07 Å². The number of amides is 1. The van der Waals surface area contributed by atoms with Crippen LogP contribution in [0.2, 0.25) is 0 Å². The third kappa shape index (κ3) is 3.79. The van der Waals surface area contributed by atoms with Crippen molar-refractivity contribution in [2.75, 3.05) is 0 Å². The first kappa shape index (κ1) is 16.3. The second-order valence-corrected chi connectivity index (χ2v) is 5.85. The van der Waals surface area contributed by atoms with Gasteiger partial charge in [0.2, 0.25) is 0 Å². The van der Waals surface area contributed by atoms with Crippen LogP contribution in [0.15, 0.2) is 30.3 Å². The van der Waals surface area contributed by atoms with Crippen molar-refractivity contribution in [3.05, 3.63) is 41.5 Å². The quantitative estimate of drug-likeness (QED) is 0.702. The van der Waals surface area contributed by atoms with Gasteiger partial charge in [-0.1, -0.05) is 63.3 Å². The molecule has 0 fully saturated rings. The zero-order valence-corrected chi connectivity index (χ0v) is 13.3. The van der Waals surface area contributed by atoms with Gasteiger partial charge >= 0.3 is 0 Å². The minimum Gasteiger partial charge on any atom is -0.507 e. The zero-order valence-electron chi connectivity index (χ0n) is 13.3. The predicted molar refractivity (Wildman–Crippen MR) is 91.2 cm³/mol. The number of benzene rings is 2. The topological polar surface area (TPSA) is 63.3 Å². The Bertz CT molecular complexity index is 649. The van der Waals surface area contributed by atoms with Crippen LogP contribution in [-0.4, -0.2) is 11.0 Å². The Labute approximate surface area is 132 Å². The fourth-order valence-corrected chi connectivity index (χ4v) is 2.93. The minimum absolute atomic E-state index is 0.0553. The van der Waals surface area contributed by atoms with Crippen molar-refractivity contribution in [2.24, 2.45) is 5.73 Å². The molecule has 0 saturated carbocycles. The summed E-state index contributed by atoms with van der Waals surface area (Å²) in [7, 11) is 0. The van der Waals surface area contributed by atoms with Crippen LogP contribution in [0.25, 0.3) is 10.8 Å². The molecule has 0 bridgehead atoms. The normalized spacial score (nSPS) is 11.0. The Morgan fingerprint density at radius 3 is 2.50 bits per heavy atom. The monoisotopic (exact) mass is 299 g/mol. The second-order valence-electron chi connectivity index (χ2n) is 5.85. The number of carbonyl (C=O) groups is 1. The van der Waals surface area contributed by atoms with Crippen molar-refractivity contribution < 1.29 is 9.90 Å². The fraction of sp³-hybridized carbons (Fsp3) is 0.421. The number of rotatable bonds is 8. The van der Waals surface area contributed by atoms with Gasteiger partial charge in [0.1, 0.15) is 5.75 Å². The van der Waals surface area contributed by atoms with E-state index in [4.69, 9.17) is 5.73 Å². The molecule has 2 aromatic carbocycles. The molecular formula is C19H25NO2. The molecule has 2 rings (SSSR count). The first-order chi connectivity index (χ1) is 10.6. The summed E-state index contributed by atoms with van der Waals surface area (Å²) in [6, 6.07) is 9.51. The van der Waals surface area contributed by atoms with Crippen LogP contribution >= 0.6 is 0 Å². The lowest BCUT2D eigenvalue weighted by Gasteiger charge is -2.12. The molecule has 0 aliphatic carbocycles. The highest BCUT2D eigenvalue weighted by Gasteiger charge is 2.15. The van der Waals surface area contributed by atoms with Gasteiger partial charge < -0.3 is 10.8 Å². The van der Waals surface area contributed by atoms with Gasteiger partial charge in [-0.3, -0.25) is 4.79 Å². The lowest BCUT2D eigenvalue weighted by molar-refractivity contribution is 0.0997. The molecular weight excluding hydrogens is 274 g/mol. The van der Waals surface area contributed by atoms with Crippen molar-refractivity contribution in [2.45, 2.75) is 51.9 Å². The maximum Gasteiger partial charge on any atom is 0.252 e. The number of hydrogen-bond donors (Lipinski definition) is 2. The molecule has 22 heavy (non-hydrogen) atoms.